The number of carbonyl (C=O) groups is 1. The first-order valence-electron chi connectivity index (χ1n) is 9.22. The van der Waals surface area contributed by atoms with Crippen molar-refractivity contribution in [3.05, 3.63) is 87.9 Å². The van der Waals surface area contributed by atoms with Gasteiger partial charge in [-0.15, -0.1) is 11.8 Å². The minimum Gasteiger partial charge on any atom is -0.325 e. The van der Waals surface area contributed by atoms with Gasteiger partial charge in [-0.2, -0.15) is 4.31 Å². The molecule has 0 atom stereocenters. The third-order valence-electron chi connectivity index (χ3n) is 4.40. The number of sulfonamides is 1. The van der Waals surface area contributed by atoms with Crippen molar-refractivity contribution in [1.29, 1.82) is 0 Å². The van der Waals surface area contributed by atoms with Crippen molar-refractivity contribution in [2.45, 2.75) is 16.3 Å². The van der Waals surface area contributed by atoms with E-state index in [2.05, 4.69) is 21.2 Å². The van der Waals surface area contributed by atoms with E-state index in [9.17, 15) is 13.2 Å². The molecule has 3 rings (SSSR count). The SMILES string of the molecule is CSc1cccc(NC(=O)CN(Cc2ccc(Cl)cc2)S(=O)(=O)c2ccc(Br)cc2)c1. The van der Waals surface area contributed by atoms with Crippen molar-refractivity contribution in [2.75, 3.05) is 18.1 Å². The molecule has 0 heterocycles. The Morgan fingerprint density at radius 1 is 1.06 bits per heavy atom. The molecule has 0 aromatic heterocycles. The maximum atomic E-state index is 13.3. The van der Waals surface area contributed by atoms with Crippen LogP contribution in [0.4, 0.5) is 5.69 Å². The first kappa shape index (κ1) is 23.8. The second kappa shape index (κ2) is 10.7. The lowest BCUT2D eigenvalue weighted by atomic mass is 10.2. The lowest BCUT2D eigenvalue weighted by Gasteiger charge is -2.22. The number of benzene rings is 3. The Morgan fingerprint density at radius 2 is 1.74 bits per heavy atom. The van der Waals surface area contributed by atoms with Gasteiger partial charge in [0.25, 0.3) is 0 Å². The summed E-state index contributed by atoms with van der Waals surface area (Å²) in [6, 6.07) is 20.6. The molecule has 31 heavy (non-hydrogen) atoms. The second-order valence-corrected chi connectivity index (χ2v) is 10.8. The van der Waals surface area contributed by atoms with Crippen LogP contribution in [-0.2, 0) is 21.4 Å². The molecule has 0 fully saturated rings. The predicted molar refractivity (Wildman–Crippen MR) is 130 cm³/mol. The molecule has 3 aromatic carbocycles. The Bertz CT molecular complexity index is 1150. The lowest BCUT2D eigenvalue weighted by molar-refractivity contribution is -0.116. The number of hydrogen-bond donors (Lipinski definition) is 1. The van der Waals surface area contributed by atoms with E-state index in [4.69, 9.17) is 11.6 Å². The molecule has 0 aliphatic carbocycles. The molecule has 0 aliphatic heterocycles. The molecule has 0 unspecified atom stereocenters. The largest absolute Gasteiger partial charge is 0.325 e. The number of thioether (sulfide) groups is 1. The summed E-state index contributed by atoms with van der Waals surface area (Å²) in [7, 11) is -3.91. The first-order valence-corrected chi connectivity index (χ1v) is 13.1. The van der Waals surface area contributed by atoms with Gasteiger partial charge in [-0.3, -0.25) is 4.79 Å². The van der Waals surface area contributed by atoms with Crippen LogP contribution in [0.2, 0.25) is 5.02 Å². The number of halogens is 2. The number of nitrogens with one attached hydrogen (secondary N) is 1. The van der Waals surface area contributed by atoms with Crippen molar-refractivity contribution in [3.63, 3.8) is 0 Å². The second-order valence-electron chi connectivity index (χ2n) is 6.63. The summed E-state index contributed by atoms with van der Waals surface area (Å²) >= 11 is 10.8. The quantitative estimate of drug-likeness (QED) is 0.376. The summed E-state index contributed by atoms with van der Waals surface area (Å²) in [5, 5.41) is 3.34. The highest BCUT2D eigenvalue weighted by Crippen LogP contribution is 2.22. The molecule has 0 saturated heterocycles. The molecule has 9 heteroatoms. The summed E-state index contributed by atoms with van der Waals surface area (Å²) in [4.78, 5) is 13.9. The topological polar surface area (TPSA) is 66.5 Å². The van der Waals surface area contributed by atoms with E-state index in [-0.39, 0.29) is 18.0 Å². The normalized spacial score (nSPS) is 11.5. The highest BCUT2D eigenvalue weighted by Gasteiger charge is 2.27. The number of anilines is 1. The van der Waals surface area contributed by atoms with Gasteiger partial charge in [0.2, 0.25) is 15.9 Å². The van der Waals surface area contributed by atoms with Crippen molar-refractivity contribution in [1.82, 2.24) is 4.31 Å². The fourth-order valence-corrected chi connectivity index (χ4v) is 5.07. The minimum absolute atomic E-state index is 0.0356. The van der Waals surface area contributed by atoms with Gasteiger partial charge in [0.15, 0.2) is 0 Å². The molecule has 5 nitrogen and oxygen atoms in total. The monoisotopic (exact) mass is 538 g/mol. The highest BCUT2D eigenvalue weighted by molar-refractivity contribution is 9.10. The molecule has 0 aliphatic rings. The highest BCUT2D eigenvalue weighted by atomic mass is 79.9. The van der Waals surface area contributed by atoms with E-state index in [0.29, 0.717) is 10.7 Å². The summed E-state index contributed by atoms with van der Waals surface area (Å²) < 4.78 is 28.5. The van der Waals surface area contributed by atoms with Gasteiger partial charge in [0.05, 0.1) is 11.4 Å². The zero-order valence-electron chi connectivity index (χ0n) is 16.6. The van der Waals surface area contributed by atoms with E-state index in [1.165, 1.54) is 12.1 Å². The molecule has 162 valence electrons. The van der Waals surface area contributed by atoms with E-state index in [1.807, 2.05) is 24.5 Å². The third-order valence-corrected chi connectivity index (χ3v) is 7.71. The molecular formula is C22H20BrClN2O3S2. The molecule has 0 bridgehead atoms. The summed E-state index contributed by atoms with van der Waals surface area (Å²) in [6.07, 6.45) is 1.94. The smallest absolute Gasteiger partial charge is 0.243 e. The zero-order chi connectivity index (χ0) is 22.4. The van der Waals surface area contributed by atoms with Crippen LogP contribution in [0.25, 0.3) is 0 Å². The van der Waals surface area contributed by atoms with Gasteiger partial charge in [-0.25, -0.2) is 8.42 Å². The fourth-order valence-electron chi connectivity index (χ4n) is 2.84. The third kappa shape index (κ3) is 6.57. The molecule has 1 amide bonds. The van der Waals surface area contributed by atoms with E-state index >= 15 is 0 Å². The van der Waals surface area contributed by atoms with E-state index < -0.39 is 15.9 Å². The maximum Gasteiger partial charge on any atom is 0.243 e. The average Bonchev–Trinajstić information content (AvgIpc) is 2.75. The van der Waals surface area contributed by atoms with Crippen molar-refractivity contribution in [2.24, 2.45) is 0 Å². The van der Waals surface area contributed by atoms with E-state index in [0.717, 1.165) is 19.2 Å². The van der Waals surface area contributed by atoms with Gasteiger partial charge >= 0.3 is 0 Å². The minimum atomic E-state index is -3.91. The van der Waals surface area contributed by atoms with Crippen LogP contribution >= 0.6 is 39.3 Å². The van der Waals surface area contributed by atoms with Crippen LogP contribution in [0.3, 0.4) is 0 Å². The van der Waals surface area contributed by atoms with Gasteiger partial charge in [0, 0.05) is 26.6 Å². The van der Waals surface area contributed by atoms with Crippen molar-refractivity contribution < 1.29 is 13.2 Å². The summed E-state index contributed by atoms with van der Waals surface area (Å²) in [5.74, 6) is -0.423. The van der Waals surface area contributed by atoms with Crippen molar-refractivity contribution in [3.8, 4) is 0 Å². The Hall–Kier alpha value is -1.84. The summed E-state index contributed by atoms with van der Waals surface area (Å²) in [5.41, 5.74) is 1.34. The Labute approximate surface area is 200 Å². The first-order chi connectivity index (χ1) is 14.8. The van der Waals surface area contributed by atoms with Gasteiger partial charge in [0.1, 0.15) is 0 Å². The van der Waals surface area contributed by atoms with Crippen LogP contribution in [0.5, 0.6) is 0 Å². The van der Waals surface area contributed by atoms with Crippen LogP contribution in [0.15, 0.2) is 87.1 Å². The fraction of sp³-hybridized carbons (Fsp3) is 0.136. The molecule has 3 aromatic rings. The average molecular weight is 540 g/mol. The zero-order valence-corrected chi connectivity index (χ0v) is 20.6. The van der Waals surface area contributed by atoms with Crippen LogP contribution in [0, 0.1) is 0 Å². The van der Waals surface area contributed by atoms with Gasteiger partial charge in [-0.05, 0) is 66.4 Å². The number of carbonyl (C=O) groups excluding carboxylic acids is 1. The Kier molecular flexibility index (Phi) is 8.18. The number of hydrogen-bond acceptors (Lipinski definition) is 4. The van der Waals surface area contributed by atoms with E-state index in [1.54, 1.807) is 54.2 Å². The van der Waals surface area contributed by atoms with Crippen LogP contribution in [-0.4, -0.2) is 31.4 Å². The maximum absolute atomic E-state index is 13.3. The van der Waals surface area contributed by atoms with Crippen LogP contribution < -0.4 is 5.32 Å². The van der Waals surface area contributed by atoms with Crippen molar-refractivity contribution >= 4 is 60.9 Å². The molecule has 0 saturated carbocycles. The standard InChI is InChI=1S/C22H20BrClN2O3S2/c1-30-20-4-2-3-19(13-20)25-22(27)15-26(14-16-5-9-18(24)10-6-16)31(28,29)21-11-7-17(23)8-12-21/h2-13H,14-15H2,1H3,(H,25,27). The molecule has 0 spiro atoms. The molecular weight excluding hydrogens is 520 g/mol. The molecule has 0 radical (unpaired) electrons. The number of nitrogens with zero attached hydrogens (tertiary/aromatic N) is 1. The molecule has 1 N–H and O–H groups in total. The Morgan fingerprint density at radius 3 is 2.39 bits per heavy atom. The summed E-state index contributed by atoms with van der Waals surface area (Å²) in [6.45, 7) is -0.293. The van der Waals surface area contributed by atoms with Gasteiger partial charge < -0.3 is 5.32 Å². The Balaban J connectivity index is 1.86. The number of amides is 1. The van der Waals surface area contributed by atoms with Gasteiger partial charge in [-0.1, -0.05) is 45.7 Å². The van der Waals surface area contributed by atoms with Crippen LogP contribution in [0.1, 0.15) is 5.56 Å². The predicted octanol–water partition coefficient (Wildman–Crippen LogP) is 5.65. The number of rotatable bonds is 8. The lowest BCUT2D eigenvalue weighted by Crippen LogP contribution is -2.37.